The largest absolute Gasteiger partial charge is 0.469 e. The zero-order valence-electron chi connectivity index (χ0n) is 8.50. The van der Waals surface area contributed by atoms with Crippen LogP contribution < -0.4 is 0 Å². The number of hydrogen-bond acceptors (Lipinski definition) is 3. The summed E-state index contributed by atoms with van der Waals surface area (Å²) in [4.78, 5) is 11.1. The summed E-state index contributed by atoms with van der Waals surface area (Å²) in [5.41, 5.74) is 2.15. The molecule has 0 aromatic heterocycles. The van der Waals surface area contributed by atoms with Gasteiger partial charge in [0, 0.05) is 4.47 Å². The predicted molar refractivity (Wildman–Crippen MR) is 59.3 cm³/mol. The lowest BCUT2D eigenvalue weighted by molar-refractivity contribution is -0.139. The highest BCUT2D eigenvalue weighted by Crippen LogP contribution is 2.24. The van der Waals surface area contributed by atoms with Crippen molar-refractivity contribution < 1.29 is 9.53 Å². The van der Waals surface area contributed by atoms with E-state index < -0.39 is 0 Å². The number of hydrogen-bond donors (Lipinski definition) is 0. The molecular weight excluding hydrogens is 258 g/mol. The van der Waals surface area contributed by atoms with Gasteiger partial charge in [-0.25, -0.2) is 0 Å². The standard InChI is InChI=1S/C11H10BrNO2/c1-7-3-4-8(5-10(14)15-2)9(6-13)11(7)12/h3-4H,5H2,1-2H3. The minimum absolute atomic E-state index is 0.123. The van der Waals surface area contributed by atoms with Gasteiger partial charge in [-0.1, -0.05) is 12.1 Å². The summed E-state index contributed by atoms with van der Waals surface area (Å²) in [6.45, 7) is 1.90. The Hall–Kier alpha value is -1.34. The minimum atomic E-state index is -0.345. The van der Waals surface area contributed by atoms with Gasteiger partial charge in [-0.15, -0.1) is 0 Å². The number of nitrogens with zero attached hydrogens (tertiary/aromatic N) is 1. The van der Waals surface area contributed by atoms with E-state index in [0.717, 1.165) is 10.0 Å². The average Bonchev–Trinajstić information content (AvgIpc) is 2.24. The molecule has 4 heteroatoms. The van der Waals surface area contributed by atoms with E-state index in [4.69, 9.17) is 5.26 Å². The lowest BCUT2D eigenvalue weighted by Crippen LogP contribution is -2.06. The molecule has 1 aromatic rings. The Morgan fingerprint density at radius 1 is 1.60 bits per heavy atom. The molecule has 0 aliphatic heterocycles. The molecule has 1 aromatic carbocycles. The maximum absolute atomic E-state index is 11.1. The van der Waals surface area contributed by atoms with Crippen molar-refractivity contribution in [2.45, 2.75) is 13.3 Å². The topological polar surface area (TPSA) is 50.1 Å². The Bertz CT molecular complexity index is 435. The molecule has 0 radical (unpaired) electrons. The Morgan fingerprint density at radius 2 is 2.27 bits per heavy atom. The summed E-state index contributed by atoms with van der Waals surface area (Å²) >= 11 is 3.33. The second kappa shape index (κ2) is 4.94. The molecule has 0 amide bonds. The molecule has 1 rings (SSSR count). The number of ether oxygens (including phenoxy) is 1. The summed E-state index contributed by atoms with van der Waals surface area (Å²) in [6.07, 6.45) is 0.123. The minimum Gasteiger partial charge on any atom is -0.469 e. The maximum Gasteiger partial charge on any atom is 0.310 e. The van der Waals surface area contributed by atoms with Gasteiger partial charge in [0.05, 0.1) is 19.1 Å². The van der Waals surface area contributed by atoms with Crippen molar-refractivity contribution in [3.05, 3.63) is 33.3 Å². The molecule has 0 unspecified atom stereocenters. The smallest absolute Gasteiger partial charge is 0.310 e. The van der Waals surface area contributed by atoms with Crippen LogP contribution in [0.15, 0.2) is 16.6 Å². The average molecular weight is 268 g/mol. The predicted octanol–water partition coefficient (Wildman–Crippen LogP) is 2.34. The number of carbonyl (C=O) groups is 1. The van der Waals surface area contributed by atoms with Gasteiger partial charge in [0.25, 0.3) is 0 Å². The molecule has 0 spiro atoms. The molecule has 0 saturated carbocycles. The highest BCUT2D eigenvalue weighted by atomic mass is 79.9. The molecule has 0 N–H and O–H groups in total. The van der Waals surface area contributed by atoms with Gasteiger partial charge < -0.3 is 4.74 Å². The van der Waals surface area contributed by atoms with Crippen molar-refractivity contribution in [3.8, 4) is 6.07 Å². The van der Waals surface area contributed by atoms with Gasteiger partial charge in [0.1, 0.15) is 6.07 Å². The Morgan fingerprint density at radius 3 is 2.80 bits per heavy atom. The zero-order valence-corrected chi connectivity index (χ0v) is 10.1. The van der Waals surface area contributed by atoms with Crippen LogP contribution in [0, 0.1) is 18.3 Å². The van der Waals surface area contributed by atoms with E-state index in [1.807, 2.05) is 13.0 Å². The number of aryl methyl sites for hydroxylation is 1. The van der Waals surface area contributed by atoms with Crippen LogP contribution in [0.5, 0.6) is 0 Å². The fourth-order valence-electron chi connectivity index (χ4n) is 1.22. The number of benzene rings is 1. The molecule has 78 valence electrons. The lowest BCUT2D eigenvalue weighted by atomic mass is 10.0. The third-order valence-corrected chi connectivity index (χ3v) is 3.12. The van der Waals surface area contributed by atoms with Crippen molar-refractivity contribution >= 4 is 21.9 Å². The Balaban J connectivity index is 3.15. The molecule has 0 fully saturated rings. The van der Waals surface area contributed by atoms with E-state index in [9.17, 15) is 4.79 Å². The van der Waals surface area contributed by atoms with E-state index in [1.165, 1.54) is 7.11 Å². The number of esters is 1. The van der Waals surface area contributed by atoms with Gasteiger partial charge in [-0.3, -0.25) is 4.79 Å². The highest BCUT2D eigenvalue weighted by Gasteiger charge is 2.12. The first-order valence-corrected chi connectivity index (χ1v) is 5.14. The summed E-state index contributed by atoms with van der Waals surface area (Å²) in [5.74, 6) is -0.345. The fraction of sp³-hybridized carbons (Fsp3) is 0.273. The number of halogens is 1. The van der Waals surface area contributed by atoms with Crippen LogP contribution in [0.1, 0.15) is 16.7 Å². The number of carbonyl (C=O) groups excluding carboxylic acids is 1. The van der Waals surface area contributed by atoms with Crippen molar-refractivity contribution in [2.75, 3.05) is 7.11 Å². The number of rotatable bonds is 2. The molecule has 0 aliphatic carbocycles. The monoisotopic (exact) mass is 267 g/mol. The quantitative estimate of drug-likeness (QED) is 0.773. The molecule has 0 bridgehead atoms. The molecule has 3 nitrogen and oxygen atoms in total. The third kappa shape index (κ3) is 2.57. The number of methoxy groups -OCH3 is 1. The van der Waals surface area contributed by atoms with Gasteiger partial charge in [0.15, 0.2) is 0 Å². The van der Waals surface area contributed by atoms with E-state index in [-0.39, 0.29) is 12.4 Å². The first kappa shape index (κ1) is 11.7. The molecule has 0 heterocycles. The normalized spacial score (nSPS) is 9.47. The summed E-state index contributed by atoms with van der Waals surface area (Å²) in [6, 6.07) is 5.72. The third-order valence-electron chi connectivity index (χ3n) is 2.10. The van der Waals surface area contributed by atoms with Crippen molar-refractivity contribution in [1.29, 1.82) is 5.26 Å². The Labute approximate surface area is 96.8 Å². The Kier molecular flexibility index (Phi) is 3.87. The molecule has 0 saturated heterocycles. The first-order chi connectivity index (χ1) is 7.10. The van der Waals surface area contributed by atoms with Crippen molar-refractivity contribution in [2.24, 2.45) is 0 Å². The maximum atomic E-state index is 11.1. The molecule has 0 aliphatic rings. The van der Waals surface area contributed by atoms with Crippen LogP contribution in [-0.4, -0.2) is 13.1 Å². The van der Waals surface area contributed by atoms with Crippen LogP contribution in [-0.2, 0) is 16.0 Å². The van der Waals surface area contributed by atoms with Crippen LogP contribution in [0.3, 0.4) is 0 Å². The second-order valence-corrected chi connectivity index (χ2v) is 3.89. The lowest BCUT2D eigenvalue weighted by Gasteiger charge is -2.06. The van der Waals surface area contributed by atoms with Crippen LogP contribution >= 0.6 is 15.9 Å². The van der Waals surface area contributed by atoms with E-state index >= 15 is 0 Å². The van der Waals surface area contributed by atoms with Crippen LogP contribution in [0.25, 0.3) is 0 Å². The summed E-state index contributed by atoms with van der Waals surface area (Å²) < 4.78 is 5.30. The summed E-state index contributed by atoms with van der Waals surface area (Å²) in [7, 11) is 1.33. The van der Waals surface area contributed by atoms with Crippen LogP contribution in [0.4, 0.5) is 0 Å². The first-order valence-electron chi connectivity index (χ1n) is 4.35. The van der Waals surface area contributed by atoms with E-state index in [1.54, 1.807) is 6.07 Å². The fourth-order valence-corrected chi connectivity index (χ4v) is 1.69. The molecular formula is C11H10BrNO2. The van der Waals surface area contributed by atoms with Crippen molar-refractivity contribution in [3.63, 3.8) is 0 Å². The van der Waals surface area contributed by atoms with Crippen LogP contribution in [0.2, 0.25) is 0 Å². The summed E-state index contributed by atoms with van der Waals surface area (Å²) in [5, 5.41) is 8.98. The van der Waals surface area contributed by atoms with Gasteiger partial charge >= 0.3 is 5.97 Å². The van der Waals surface area contributed by atoms with Gasteiger partial charge in [0.2, 0.25) is 0 Å². The van der Waals surface area contributed by atoms with Crippen molar-refractivity contribution in [1.82, 2.24) is 0 Å². The number of nitriles is 1. The van der Waals surface area contributed by atoms with E-state index in [0.29, 0.717) is 11.1 Å². The van der Waals surface area contributed by atoms with E-state index in [2.05, 4.69) is 26.7 Å². The second-order valence-electron chi connectivity index (χ2n) is 3.10. The SMILES string of the molecule is COC(=O)Cc1ccc(C)c(Br)c1C#N. The highest BCUT2D eigenvalue weighted by molar-refractivity contribution is 9.10. The zero-order chi connectivity index (χ0) is 11.4. The molecule has 15 heavy (non-hydrogen) atoms. The van der Waals surface area contributed by atoms with Gasteiger partial charge in [-0.2, -0.15) is 5.26 Å². The van der Waals surface area contributed by atoms with Gasteiger partial charge in [-0.05, 0) is 34.0 Å². The molecule has 0 atom stereocenters.